The molecule has 1 aliphatic rings. The summed E-state index contributed by atoms with van der Waals surface area (Å²) in [5.41, 5.74) is 6.12. The first-order valence-corrected chi connectivity index (χ1v) is 9.50. The van der Waals surface area contributed by atoms with Gasteiger partial charge >= 0.3 is 0 Å². The molecule has 0 fully saturated rings. The van der Waals surface area contributed by atoms with Crippen molar-refractivity contribution in [2.75, 3.05) is 7.11 Å². The minimum Gasteiger partial charge on any atom is -0.497 e. The van der Waals surface area contributed by atoms with Crippen molar-refractivity contribution in [1.82, 2.24) is 0 Å². The monoisotopic (exact) mass is 342 g/mol. The largest absolute Gasteiger partial charge is 0.497 e. The Kier molecular flexibility index (Phi) is 4.79. The fraction of sp³-hybridized carbons (Fsp3) is 0.280. The average Bonchev–Trinajstić information content (AvgIpc) is 2.69. The molecule has 0 spiro atoms. The highest BCUT2D eigenvalue weighted by Crippen LogP contribution is 2.42. The fourth-order valence-corrected chi connectivity index (χ4v) is 4.45. The summed E-state index contributed by atoms with van der Waals surface area (Å²) >= 11 is 0. The topological polar surface area (TPSA) is 9.23 Å². The molecule has 4 rings (SSSR count). The Morgan fingerprint density at radius 2 is 1.38 bits per heavy atom. The second kappa shape index (κ2) is 7.37. The van der Waals surface area contributed by atoms with Crippen molar-refractivity contribution in [3.8, 4) is 5.75 Å². The number of hydrogen-bond donors (Lipinski definition) is 0. The van der Waals surface area contributed by atoms with Gasteiger partial charge in [0.1, 0.15) is 5.75 Å². The highest BCUT2D eigenvalue weighted by Gasteiger charge is 2.34. The van der Waals surface area contributed by atoms with E-state index in [0.717, 1.165) is 31.4 Å². The minimum absolute atomic E-state index is 0.282. The first-order chi connectivity index (χ1) is 12.8. The van der Waals surface area contributed by atoms with Crippen LogP contribution in [0.5, 0.6) is 5.75 Å². The van der Waals surface area contributed by atoms with Crippen LogP contribution in [0.15, 0.2) is 78.9 Å². The lowest BCUT2D eigenvalue weighted by Gasteiger charge is -2.39. The summed E-state index contributed by atoms with van der Waals surface area (Å²) < 4.78 is 5.42. The van der Waals surface area contributed by atoms with E-state index in [4.69, 9.17) is 4.74 Å². The van der Waals surface area contributed by atoms with Gasteiger partial charge in [0.25, 0.3) is 0 Å². The van der Waals surface area contributed by atoms with Crippen LogP contribution in [0.4, 0.5) is 0 Å². The minimum atomic E-state index is 0.282. The Balaban J connectivity index is 1.67. The first kappa shape index (κ1) is 16.9. The molecule has 0 amide bonds. The number of ether oxygens (including phenoxy) is 1. The molecule has 1 nitrogen and oxygen atoms in total. The van der Waals surface area contributed by atoms with Gasteiger partial charge < -0.3 is 4.74 Å². The smallest absolute Gasteiger partial charge is 0.119 e. The summed E-state index contributed by atoms with van der Waals surface area (Å²) in [5, 5.41) is 0. The number of aryl methyl sites for hydroxylation is 1. The van der Waals surface area contributed by atoms with E-state index in [9.17, 15) is 0 Å². The van der Waals surface area contributed by atoms with Crippen LogP contribution in [-0.2, 0) is 25.7 Å². The van der Waals surface area contributed by atoms with E-state index in [1.807, 2.05) is 0 Å². The Morgan fingerprint density at radius 3 is 1.96 bits per heavy atom. The van der Waals surface area contributed by atoms with Gasteiger partial charge in [-0.1, -0.05) is 66.7 Å². The van der Waals surface area contributed by atoms with Crippen molar-refractivity contribution >= 4 is 0 Å². The van der Waals surface area contributed by atoms with Crippen LogP contribution in [0, 0.1) is 5.41 Å². The van der Waals surface area contributed by atoms with Crippen molar-refractivity contribution in [2.45, 2.75) is 32.1 Å². The lowest BCUT2D eigenvalue weighted by atomic mass is 9.65. The SMILES string of the molecule is COc1ccc2c(c1)CCC(Cc1ccccc1)(Cc1ccccc1)C2. The Morgan fingerprint density at radius 1 is 0.769 bits per heavy atom. The van der Waals surface area contributed by atoms with Crippen LogP contribution >= 0.6 is 0 Å². The summed E-state index contributed by atoms with van der Waals surface area (Å²) in [7, 11) is 1.75. The van der Waals surface area contributed by atoms with Gasteiger partial charge in [0.2, 0.25) is 0 Å². The summed E-state index contributed by atoms with van der Waals surface area (Å²) in [5.74, 6) is 0.974. The molecule has 0 unspecified atom stereocenters. The van der Waals surface area contributed by atoms with Crippen LogP contribution in [0.3, 0.4) is 0 Å². The zero-order valence-corrected chi connectivity index (χ0v) is 15.4. The highest BCUT2D eigenvalue weighted by molar-refractivity contribution is 5.39. The lowest BCUT2D eigenvalue weighted by Crippen LogP contribution is -2.33. The van der Waals surface area contributed by atoms with E-state index in [1.54, 1.807) is 7.11 Å². The summed E-state index contributed by atoms with van der Waals surface area (Å²) in [4.78, 5) is 0. The van der Waals surface area contributed by atoms with Crippen LogP contribution < -0.4 is 4.74 Å². The maximum atomic E-state index is 5.42. The number of rotatable bonds is 5. The van der Waals surface area contributed by atoms with Gasteiger partial charge in [-0.25, -0.2) is 0 Å². The summed E-state index contributed by atoms with van der Waals surface area (Å²) in [6.07, 6.45) is 5.75. The third kappa shape index (κ3) is 3.67. The van der Waals surface area contributed by atoms with Crippen molar-refractivity contribution in [1.29, 1.82) is 0 Å². The van der Waals surface area contributed by atoms with Crippen LogP contribution in [0.25, 0.3) is 0 Å². The quantitative estimate of drug-likeness (QED) is 0.582. The molecular formula is C25H26O. The standard InChI is InChI=1S/C25H26O/c1-26-24-13-12-23-19-25(15-14-22(23)16-24,17-20-8-4-2-5-9-20)18-21-10-6-3-7-11-21/h2-13,16H,14-15,17-19H2,1H3. The number of hydrogen-bond acceptors (Lipinski definition) is 1. The summed E-state index contributed by atoms with van der Waals surface area (Å²) in [6.45, 7) is 0. The maximum absolute atomic E-state index is 5.42. The second-order valence-corrected chi connectivity index (χ2v) is 7.64. The second-order valence-electron chi connectivity index (χ2n) is 7.64. The third-order valence-corrected chi connectivity index (χ3v) is 5.75. The molecule has 0 radical (unpaired) electrons. The Bertz CT molecular complexity index is 810. The predicted octanol–water partition coefficient (Wildman–Crippen LogP) is 5.66. The molecule has 0 N–H and O–H groups in total. The first-order valence-electron chi connectivity index (χ1n) is 9.50. The Hall–Kier alpha value is -2.54. The van der Waals surface area contributed by atoms with Crippen LogP contribution in [0.2, 0.25) is 0 Å². The van der Waals surface area contributed by atoms with E-state index in [1.165, 1.54) is 28.7 Å². The summed E-state index contributed by atoms with van der Waals surface area (Å²) in [6, 6.07) is 28.6. The molecule has 3 aromatic rings. The van der Waals surface area contributed by atoms with Gasteiger partial charge in [0.05, 0.1) is 7.11 Å². The third-order valence-electron chi connectivity index (χ3n) is 5.75. The Labute approximate surface area is 156 Å². The molecular weight excluding hydrogens is 316 g/mol. The lowest BCUT2D eigenvalue weighted by molar-refractivity contribution is 0.240. The van der Waals surface area contributed by atoms with E-state index in [2.05, 4.69) is 78.9 Å². The molecule has 0 heterocycles. The molecule has 1 aliphatic carbocycles. The maximum Gasteiger partial charge on any atom is 0.119 e. The van der Waals surface area contributed by atoms with Gasteiger partial charge in [-0.3, -0.25) is 0 Å². The molecule has 0 saturated heterocycles. The molecule has 1 heteroatoms. The zero-order valence-electron chi connectivity index (χ0n) is 15.4. The van der Waals surface area contributed by atoms with E-state index in [0.29, 0.717) is 0 Å². The molecule has 0 bridgehead atoms. The molecule has 132 valence electrons. The van der Waals surface area contributed by atoms with Gasteiger partial charge in [0, 0.05) is 0 Å². The molecule has 0 aliphatic heterocycles. The van der Waals surface area contributed by atoms with Crippen LogP contribution in [0.1, 0.15) is 28.7 Å². The number of benzene rings is 3. The highest BCUT2D eigenvalue weighted by atomic mass is 16.5. The van der Waals surface area contributed by atoms with Gasteiger partial charge in [0.15, 0.2) is 0 Å². The van der Waals surface area contributed by atoms with Crippen LogP contribution in [-0.4, -0.2) is 7.11 Å². The van der Waals surface area contributed by atoms with Crippen molar-refractivity contribution in [2.24, 2.45) is 5.41 Å². The van der Waals surface area contributed by atoms with E-state index >= 15 is 0 Å². The van der Waals surface area contributed by atoms with Crippen molar-refractivity contribution < 1.29 is 4.74 Å². The van der Waals surface area contributed by atoms with Crippen molar-refractivity contribution in [3.63, 3.8) is 0 Å². The molecule has 0 saturated carbocycles. The molecule has 0 atom stereocenters. The number of fused-ring (bicyclic) bond motifs is 1. The van der Waals surface area contributed by atoms with E-state index in [-0.39, 0.29) is 5.41 Å². The predicted molar refractivity (Wildman–Crippen MR) is 108 cm³/mol. The van der Waals surface area contributed by atoms with E-state index < -0.39 is 0 Å². The molecule has 26 heavy (non-hydrogen) atoms. The zero-order chi connectivity index (χ0) is 17.8. The fourth-order valence-electron chi connectivity index (χ4n) is 4.45. The van der Waals surface area contributed by atoms with Gasteiger partial charge in [-0.2, -0.15) is 0 Å². The van der Waals surface area contributed by atoms with Crippen molar-refractivity contribution in [3.05, 3.63) is 101 Å². The molecule has 0 aromatic heterocycles. The van der Waals surface area contributed by atoms with Gasteiger partial charge in [-0.05, 0) is 71.9 Å². The normalized spacial score (nSPS) is 15.3. The number of methoxy groups -OCH3 is 1. The average molecular weight is 342 g/mol. The van der Waals surface area contributed by atoms with Gasteiger partial charge in [-0.15, -0.1) is 0 Å². The molecule has 3 aromatic carbocycles.